The molecule has 0 aliphatic carbocycles. The van der Waals surface area contributed by atoms with E-state index in [0.29, 0.717) is 0 Å². The van der Waals surface area contributed by atoms with E-state index < -0.39 is 6.69 Å². The van der Waals surface area contributed by atoms with E-state index in [9.17, 15) is 0 Å². The van der Waals surface area contributed by atoms with Gasteiger partial charge in [-0.2, -0.15) is 0 Å². The average Bonchev–Trinajstić information content (AvgIpc) is 2.73. The zero-order valence-corrected chi connectivity index (χ0v) is 23.7. The lowest BCUT2D eigenvalue weighted by Gasteiger charge is -2.09. The van der Waals surface area contributed by atoms with E-state index in [1.165, 1.54) is 154 Å². The van der Waals surface area contributed by atoms with E-state index in [0.717, 1.165) is 12.6 Å². The molecule has 4 heteroatoms. The van der Waals surface area contributed by atoms with Crippen molar-refractivity contribution in [3.63, 3.8) is 0 Å². The van der Waals surface area contributed by atoms with Gasteiger partial charge in [0.1, 0.15) is 0 Å². The van der Waals surface area contributed by atoms with Crippen molar-refractivity contribution in [2.75, 3.05) is 6.54 Å². The Balaban J connectivity index is 3.02. The van der Waals surface area contributed by atoms with Crippen LogP contribution in [0.1, 0.15) is 154 Å². The summed E-state index contributed by atoms with van der Waals surface area (Å²) in [7, 11) is 0. The molecule has 0 unspecified atom stereocenters. The quantitative estimate of drug-likeness (QED) is 0.0722. The first kappa shape index (κ1) is 31.8. The van der Waals surface area contributed by atoms with Gasteiger partial charge in [0, 0.05) is 0 Å². The van der Waals surface area contributed by atoms with Crippen molar-refractivity contribution < 1.29 is 0 Å². The molecule has 0 atom stereocenters. The average molecular weight is 495 g/mol. The van der Waals surface area contributed by atoms with Crippen LogP contribution in [0, 0.1) is 0 Å². The van der Waals surface area contributed by atoms with Crippen molar-refractivity contribution in [1.82, 2.24) is 0 Å². The summed E-state index contributed by atoms with van der Waals surface area (Å²) >= 11 is 12.3. The molecule has 0 fully saturated rings. The molecule has 0 heterocycles. The molecule has 0 rings (SSSR count). The third-order valence-electron chi connectivity index (χ3n) is 6.57. The molecule has 0 amide bonds. The second kappa shape index (κ2) is 25.4. The fourth-order valence-electron chi connectivity index (χ4n) is 4.47. The first-order valence-corrected chi connectivity index (χ1v) is 18.9. The van der Waals surface area contributed by atoms with Gasteiger partial charge in [0.05, 0.1) is 0 Å². The summed E-state index contributed by atoms with van der Waals surface area (Å²) in [5.41, 5.74) is 5.53. The van der Waals surface area contributed by atoms with Crippen LogP contribution in [0.4, 0.5) is 0 Å². The minimum atomic E-state index is -1.83. The van der Waals surface area contributed by atoms with Crippen LogP contribution in [0.15, 0.2) is 0 Å². The molecule has 31 heavy (non-hydrogen) atoms. The molecule has 0 aromatic rings. The van der Waals surface area contributed by atoms with Crippen LogP contribution in [0.2, 0.25) is 12.6 Å². The van der Waals surface area contributed by atoms with E-state index in [-0.39, 0.29) is 0 Å². The van der Waals surface area contributed by atoms with Gasteiger partial charge in [0.25, 0.3) is 0 Å². The molecule has 1 nitrogen and oxygen atoms in total. The van der Waals surface area contributed by atoms with Gasteiger partial charge in [0.2, 0.25) is 6.69 Å². The fourth-order valence-corrected chi connectivity index (χ4v) is 6.14. The molecule has 0 aromatic heterocycles. The maximum absolute atomic E-state index is 6.14. The molecular formula is C27H57Cl2NSi. The monoisotopic (exact) mass is 493 g/mol. The fraction of sp³-hybridized carbons (Fsp3) is 1.00. The molecule has 0 spiro atoms. The Kier molecular flexibility index (Phi) is 26.0. The minimum absolute atomic E-state index is 0.869. The summed E-state index contributed by atoms with van der Waals surface area (Å²) in [6, 6.07) is 1.06. The number of hydrogen-bond acceptors (Lipinski definition) is 1. The van der Waals surface area contributed by atoms with Crippen LogP contribution in [0.3, 0.4) is 0 Å². The molecule has 188 valence electrons. The highest BCUT2D eigenvalue weighted by molar-refractivity contribution is 7.44. The predicted octanol–water partition coefficient (Wildman–Crippen LogP) is 10.9. The predicted molar refractivity (Wildman–Crippen MR) is 148 cm³/mol. The summed E-state index contributed by atoms with van der Waals surface area (Å²) in [5, 5.41) is 0. The minimum Gasteiger partial charge on any atom is -0.330 e. The Bertz CT molecular complexity index is 334. The van der Waals surface area contributed by atoms with E-state index >= 15 is 0 Å². The number of halogens is 2. The van der Waals surface area contributed by atoms with E-state index in [1.54, 1.807) is 0 Å². The van der Waals surface area contributed by atoms with Crippen LogP contribution in [-0.4, -0.2) is 13.2 Å². The van der Waals surface area contributed by atoms with Gasteiger partial charge in [-0.05, 0) is 25.6 Å². The molecule has 0 aliphatic heterocycles. The highest BCUT2D eigenvalue weighted by Gasteiger charge is 2.19. The third-order valence-corrected chi connectivity index (χ3v) is 8.94. The molecule has 0 saturated heterocycles. The molecule has 0 aromatic carbocycles. The summed E-state index contributed by atoms with van der Waals surface area (Å²) in [6.07, 6.45) is 34.0. The van der Waals surface area contributed by atoms with E-state index in [2.05, 4.69) is 0 Å². The number of rotatable bonds is 26. The number of unbranched alkanes of at least 4 members (excludes halogenated alkanes) is 23. The summed E-state index contributed by atoms with van der Waals surface area (Å²) < 4.78 is 0. The van der Waals surface area contributed by atoms with Crippen LogP contribution < -0.4 is 5.73 Å². The van der Waals surface area contributed by atoms with Gasteiger partial charge >= 0.3 is 0 Å². The maximum Gasteiger partial charge on any atom is 0.248 e. The van der Waals surface area contributed by atoms with Crippen molar-refractivity contribution in [3.8, 4) is 0 Å². The standard InChI is InChI=1S/C27H57Cl2NSi/c1-31(28,29)27-25-23-21-19-17-15-13-11-9-7-5-3-2-4-6-8-10-12-14-16-18-20-22-24-26-30/h2-27,30H2,1H3. The smallest absolute Gasteiger partial charge is 0.248 e. The Morgan fingerprint density at radius 1 is 0.387 bits per heavy atom. The summed E-state index contributed by atoms with van der Waals surface area (Å²) in [4.78, 5) is 0. The van der Waals surface area contributed by atoms with Crippen LogP contribution in [0.25, 0.3) is 0 Å². The van der Waals surface area contributed by atoms with E-state index in [4.69, 9.17) is 27.9 Å². The topological polar surface area (TPSA) is 26.0 Å². The molecule has 0 aliphatic rings. The van der Waals surface area contributed by atoms with Crippen molar-refractivity contribution in [2.45, 2.75) is 167 Å². The Hall–Kier alpha value is 0.757. The number of hydrogen-bond donors (Lipinski definition) is 1. The van der Waals surface area contributed by atoms with Crippen molar-refractivity contribution >= 4 is 28.9 Å². The largest absolute Gasteiger partial charge is 0.330 e. The highest BCUT2D eigenvalue weighted by atomic mass is 35.7. The van der Waals surface area contributed by atoms with Crippen molar-refractivity contribution in [1.29, 1.82) is 0 Å². The van der Waals surface area contributed by atoms with Gasteiger partial charge < -0.3 is 5.73 Å². The van der Waals surface area contributed by atoms with Crippen LogP contribution in [-0.2, 0) is 0 Å². The van der Waals surface area contributed by atoms with Crippen molar-refractivity contribution in [3.05, 3.63) is 0 Å². The van der Waals surface area contributed by atoms with Gasteiger partial charge in [0.15, 0.2) is 0 Å². The highest BCUT2D eigenvalue weighted by Crippen LogP contribution is 2.23. The van der Waals surface area contributed by atoms with Gasteiger partial charge in [-0.1, -0.05) is 148 Å². The zero-order chi connectivity index (χ0) is 22.9. The first-order valence-electron chi connectivity index (χ1n) is 14.1. The van der Waals surface area contributed by atoms with Crippen molar-refractivity contribution in [2.24, 2.45) is 5.73 Å². The van der Waals surface area contributed by atoms with E-state index in [1.807, 2.05) is 6.55 Å². The zero-order valence-electron chi connectivity index (χ0n) is 21.2. The molecule has 0 saturated carbocycles. The third kappa shape index (κ3) is 30.8. The Morgan fingerprint density at radius 2 is 0.581 bits per heavy atom. The van der Waals surface area contributed by atoms with Crippen LogP contribution in [0.5, 0.6) is 0 Å². The summed E-state index contributed by atoms with van der Waals surface area (Å²) in [5.74, 6) is 0. The second-order valence-corrected chi connectivity index (χ2v) is 18.3. The first-order chi connectivity index (χ1) is 15.1. The lowest BCUT2D eigenvalue weighted by Crippen LogP contribution is -2.11. The lowest BCUT2D eigenvalue weighted by atomic mass is 10.0. The normalized spacial score (nSPS) is 12.0. The van der Waals surface area contributed by atoms with Gasteiger partial charge in [-0.25, -0.2) is 0 Å². The van der Waals surface area contributed by atoms with Gasteiger partial charge in [-0.15, -0.1) is 22.2 Å². The molecular weight excluding hydrogens is 437 g/mol. The Morgan fingerprint density at radius 3 is 0.774 bits per heavy atom. The second-order valence-electron chi connectivity index (χ2n) is 10.1. The molecule has 2 N–H and O–H groups in total. The van der Waals surface area contributed by atoms with Gasteiger partial charge in [-0.3, -0.25) is 0 Å². The molecule has 0 bridgehead atoms. The SMILES string of the molecule is C[Si](Cl)(Cl)CCCCCCCCCCCCCCCCCCCCCCCCCCN. The van der Waals surface area contributed by atoms with Crippen LogP contribution >= 0.6 is 22.2 Å². The Labute approximate surface area is 207 Å². The lowest BCUT2D eigenvalue weighted by molar-refractivity contribution is 0.517. The molecule has 0 radical (unpaired) electrons. The number of nitrogens with two attached hydrogens (primary N) is 1. The maximum atomic E-state index is 6.14. The summed E-state index contributed by atoms with van der Waals surface area (Å²) in [6.45, 7) is 1.07.